The molecule has 4 heteroatoms. The summed E-state index contributed by atoms with van der Waals surface area (Å²) in [6, 6.07) is 10.1. The van der Waals surface area contributed by atoms with Gasteiger partial charge in [-0.3, -0.25) is 0 Å². The molecule has 1 N–H and O–H groups in total. The Bertz CT molecular complexity index is 749. The van der Waals surface area contributed by atoms with E-state index in [4.69, 9.17) is 10.5 Å². The predicted molar refractivity (Wildman–Crippen MR) is 110 cm³/mol. The van der Waals surface area contributed by atoms with E-state index in [-0.39, 0.29) is 5.41 Å². The van der Waals surface area contributed by atoms with Crippen LogP contribution in [0.5, 0.6) is 5.75 Å². The van der Waals surface area contributed by atoms with Gasteiger partial charge < -0.3 is 10.0 Å². The Balaban J connectivity index is 2.27. The van der Waals surface area contributed by atoms with E-state index in [0.29, 0.717) is 18.1 Å². The fourth-order valence-electron chi connectivity index (χ4n) is 4.19. The van der Waals surface area contributed by atoms with E-state index in [2.05, 4.69) is 56.9 Å². The SMILES string of the molecule is CCN(CC)c1ccc(C2=CC(CCC(C#N)C#N)CC(C)(C)C2)c(O)c1. The molecule has 1 aromatic carbocycles. The lowest BCUT2D eigenvalue weighted by molar-refractivity contribution is 0.274. The van der Waals surface area contributed by atoms with Gasteiger partial charge in [-0.25, -0.2) is 0 Å². The first-order valence-electron chi connectivity index (χ1n) is 9.91. The third-order valence-electron chi connectivity index (χ3n) is 5.51. The molecule has 1 aliphatic carbocycles. The molecule has 0 spiro atoms. The van der Waals surface area contributed by atoms with Crippen LogP contribution in [0.3, 0.4) is 0 Å². The van der Waals surface area contributed by atoms with E-state index < -0.39 is 5.92 Å². The summed E-state index contributed by atoms with van der Waals surface area (Å²) in [6.07, 6.45) is 5.64. The van der Waals surface area contributed by atoms with E-state index in [1.807, 2.05) is 12.1 Å². The van der Waals surface area contributed by atoms with Gasteiger partial charge in [0.25, 0.3) is 0 Å². The van der Waals surface area contributed by atoms with E-state index in [0.717, 1.165) is 43.6 Å². The maximum atomic E-state index is 10.7. The van der Waals surface area contributed by atoms with Crippen molar-refractivity contribution in [1.29, 1.82) is 10.5 Å². The molecule has 0 saturated carbocycles. The quantitative estimate of drug-likeness (QED) is 0.692. The van der Waals surface area contributed by atoms with Crippen molar-refractivity contribution in [2.24, 2.45) is 17.3 Å². The summed E-state index contributed by atoms with van der Waals surface area (Å²) < 4.78 is 0. The Morgan fingerprint density at radius 3 is 2.44 bits per heavy atom. The van der Waals surface area contributed by atoms with Crippen LogP contribution in [0, 0.1) is 39.9 Å². The third-order valence-corrected chi connectivity index (χ3v) is 5.51. The van der Waals surface area contributed by atoms with Crippen LogP contribution in [-0.4, -0.2) is 18.2 Å². The van der Waals surface area contributed by atoms with Crippen LogP contribution in [0.15, 0.2) is 24.3 Å². The number of hydrogen-bond acceptors (Lipinski definition) is 4. The predicted octanol–water partition coefficient (Wildman–Crippen LogP) is 5.50. The Morgan fingerprint density at radius 2 is 1.89 bits per heavy atom. The molecule has 0 radical (unpaired) electrons. The van der Waals surface area contributed by atoms with Crippen molar-refractivity contribution in [3.63, 3.8) is 0 Å². The van der Waals surface area contributed by atoms with E-state index in [1.54, 1.807) is 0 Å². The van der Waals surface area contributed by atoms with Crippen LogP contribution >= 0.6 is 0 Å². The molecule has 1 unspecified atom stereocenters. The highest BCUT2D eigenvalue weighted by Crippen LogP contribution is 2.45. The highest BCUT2D eigenvalue weighted by atomic mass is 16.3. The van der Waals surface area contributed by atoms with Crippen molar-refractivity contribution >= 4 is 11.3 Å². The molecule has 27 heavy (non-hydrogen) atoms. The molecule has 0 aliphatic heterocycles. The molecule has 144 valence electrons. The topological polar surface area (TPSA) is 71.0 Å². The first-order valence-corrected chi connectivity index (χ1v) is 9.91. The lowest BCUT2D eigenvalue weighted by atomic mass is 9.70. The van der Waals surface area contributed by atoms with Crippen LogP contribution in [0.25, 0.3) is 5.57 Å². The first kappa shape index (κ1) is 20.8. The van der Waals surface area contributed by atoms with E-state index >= 15 is 0 Å². The second-order valence-corrected chi connectivity index (χ2v) is 8.26. The van der Waals surface area contributed by atoms with Gasteiger partial charge in [-0.2, -0.15) is 10.5 Å². The normalized spacial score (nSPS) is 18.5. The molecule has 4 nitrogen and oxygen atoms in total. The van der Waals surface area contributed by atoms with Crippen molar-refractivity contribution in [3.8, 4) is 17.9 Å². The number of phenols is 1. The molecular weight excluding hydrogens is 334 g/mol. The van der Waals surface area contributed by atoms with E-state index in [9.17, 15) is 5.11 Å². The van der Waals surface area contributed by atoms with Gasteiger partial charge >= 0.3 is 0 Å². The van der Waals surface area contributed by atoms with Crippen LogP contribution in [0.1, 0.15) is 58.9 Å². The molecule has 0 amide bonds. The lowest BCUT2D eigenvalue weighted by Crippen LogP contribution is -2.22. The summed E-state index contributed by atoms with van der Waals surface area (Å²) in [5, 5.41) is 28.7. The smallest absolute Gasteiger partial charge is 0.133 e. The van der Waals surface area contributed by atoms with Gasteiger partial charge in [-0.05, 0) is 68.6 Å². The molecule has 0 saturated heterocycles. The number of nitriles is 2. The molecule has 1 aliphatic rings. The van der Waals surface area contributed by atoms with Crippen molar-refractivity contribution in [1.82, 2.24) is 0 Å². The van der Waals surface area contributed by atoms with E-state index in [1.165, 1.54) is 5.57 Å². The molecule has 0 heterocycles. The number of phenolic OH excluding ortho intramolecular Hbond substituents is 1. The highest BCUT2D eigenvalue weighted by molar-refractivity contribution is 5.74. The summed E-state index contributed by atoms with van der Waals surface area (Å²) in [5.41, 5.74) is 3.25. The standard InChI is InChI=1S/C23H31N3O/c1-5-26(6-2)20-9-10-21(22(27)12-20)19-11-17(13-23(3,4)14-19)7-8-18(15-24)16-25/h9-12,17-18,27H,5-8,13-14H2,1-4H3. The van der Waals surface area contributed by atoms with Gasteiger partial charge in [0.2, 0.25) is 0 Å². The van der Waals surface area contributed by atoms with Crippen molar-refractivity contribution in [3.05, 3.63) is 29.8 Å². The van der Waals surface area contributed by atoms with Gasteiger partial charge in [0.15, 0.2) is 0 Å². The fraction of sp³-hybridized carbons (Fsp3) is 0.565. The van der Waals surface area contributed by atoms with Crippen LogP contribution < -0.4 is 4.90 Å². The summed E-state index contributed by atoms with van der Waals surface area (Å²) in [5.74, 6) is 0.123. The molecule has 0 fully saturated rings. The Kier molecular flexibility index (Phi) is 6.92. The summed E-state index contributed by atoms with van der Waals surface area (Å²) in [4.78, 5) is 2.22. The largest absolute Gasteiger partial charge is 0.507 e. The van der Waals surface area contributed by atoms with Gasteiger partial charge in [0.05, 0.1) is 12.1 Å². The van der Waals surface area contributed by atoms with Crippen molar-refractivity contribution < 1.29 is 5.11 Å². The second-order valence-electron chi connectivity index (χ2n) is 8.26. The molecular formula is C23H31N3O. The average Bonchev–Trinajstić information content (AvgIpc) is 2.62. The minimum Gasteiger partial charge on any atom is -0.507 e. The summed E-state index contributed by atoms with van der Waals surface area (Å²) in [7, 11) is 0. The minimum atomic E-state index is -0.534. The van der Waals surface area contributed by atoms with Crippen LogP contribution in [0.2, 0.25) is 0 Å². The van der Waals surface area contributed by atoms with Crippen molar-refractivity contribution in [2.75, 3.05) is 18.0 Å². The highest BCUT2D eigenvalue weighted by Gasteiger charge is 2.30. The molecule has 1 atom stereocenters. The van der Waals surface area contributed by atoms with Gasteiger partial charge in [-0.15, -0.1) is 0 Å². The summed E-state index contributed by atoms with van der Waals surface area (Å²) >= 11 is 0. The van der Waals surface area contributed by atoms with Crippen molar-refractivity contribution in [2.45, 2.75) is 53.4 Å². The summed E-state index contributed by atoms with van der Waals surface area (Å²) in [6.45, 7) is 10.5. The number of nitrogens with zero attached hydrogens (tertiary/aromatic N) is 3. The Morgan fingerprint density at radius 1 is 1.22 bits per heavy atom. The minimum absolute atomic E-state index is 0.132. The molecule has 2 rings (SSSR count). The second kappa shape index (κ2) is 8.96. The maximum absolute atomic E-state index is 10.7. The Hall–Kier alpha value is -2.46. The van der Waals surface area contributed by atoms with Gasteiger partial charge in [-0.1, -0.05) is 19.9 Å². The monoisotopic (exact) mass is 365 g/mol. The number of hydrogen-bond donors (Lipinski definition) is 1. The number of benzene rings is 1. The zero-order valence-electron chi connectivity index (χ0n) is 17.0. The van der Waals surface area contributed by atoms with Crippen LogP contribution in [0.4, 0.5) is 5.69 Å². The molecule has 0 aromatic heterocycles. The third kappa shape index (κ3) is 5.27. The zero-order chi connectivity index (χ0) is 20.0. The number of allylic oxidation sites excluding steroid dienone is 2. The Labute approximate surface area is 163 Å². The fourth-order valence-corrected chi connectivity index (χ4v) is 4.19. The number of aromatic hydroxyl groups is 1. The first-order chi connectivity index (χ1) is 12.8. The van der Waals surface area contributed by atoms with Crippen LogP contribution in [-0.2, 0) is 0 Å². The number of anilines is 1. The molecule has 0 bridgehead atoms. The van der Waals surface area contributed by atoms with Gasteiger partial charge in [0, 0.05) is 30.4 Å². The molecule has 1 aromatic rings. The number of rotatable bonds is 7. The zero-order valence-corrected chi connectivity index (χ0v) is 17.0. The van der Waals surface area contributed by atoms with Gasteiger partial charge in [0.1, 0.15) is 11.7 Å². The average molecular weight is 366 g/mol. The maximum Gasteiger partial charge on any atom is 0.133 e. The lowest BCUT2D eigenvalue weighted by Gasteiger charge is -2.35.